The molecule has 0 bridgehead atoms. The van der Waals surface area contributed by atoms with Gasteiger partial charge < -0.3 is 0 Å². The van der Waals surface area contributed by atoms with Gasteiger partial charge in [-0.25, -0.2) is 0 Å². The Morgan fingerprint density at radius 3 is 2.69 bits per heavy atom. The van der Waals surface area contributed by atoms with E-state index in [4.69, 9.17) is 9.18 Å². The molecular formula is C5H10B2O4P2. The summed E-state index contributed by atoms with van der Waals surface area (Å²) in [4.78, 5) is 0. The Morgan fingerprint density at radius 2 is 2.31 bits per heavy atom. The van der Waals surface area contributed by atoms with Gasteiger partial charge in [-0.1, -0.05) is 0 Å². The van der Waals surface area contributed by atoms with Crippen molar-refractivity contribution in [2.45, 2.75) is 30.1 Å². The fourth-order valence-corrected chi connectivity index (χ4v) is 2.72. The van der Waals surface area contributed by atoms with Gasteiger partial charge in [0, 0.05) is 0 Å². The maximum atomic E-state index is 10.7. The quantitative estimate of drug-likeness (QED) is 0.491. The maximum absolute atomic E-state index is 10.7. The van der Waals surface area contributed by atoms with E-state index in [1.54, 1.807) is 8.05 Å². The van der Waals surface area contributed by atoms with Gasteiger partial charge in [0.2, 0.25) is 0 Å². The Labute approximate surface area is 82.3 Å². The molecule has 1 aliphatic rings. The average Bonchev–Trinajstić information content (AvgIpc) is 2.54. The monoisotopic (exact) mass is 218 g/mol. The fourth-order valence-electron chi connectivity index (χ4n) is 1.69. The fraction of sp³-hybridized carbons (Fsp3) is 1.00. The summed E-state index contributed by atoms with van der Waals surface area (Å²) in [5.41, 5.74) is -0.173. The molecular weight excluding hydrogens is 208 g/mol. The second-order valence-corrected chi connectivity index (χ2v) is 4.14. The molecule has 0 aromatic carbocycles. The van der Waals surface area contributed by atoms with Crippen LogP contribution in [0.2, 0.25) is 5.82 Å². The molecule has 1 rings (SSSR count). The van der Waals surface area contributed by atoms with Crippen LogP contribution >= 0.6 is 17.9 Å². The van der Waals surface area contributed by atoms with Crippen molar-refractivity contribution in [3.05, 3.63) is 0 Å². The predicted molar refractivity (Wildman–Crippen MR) is 54.2 cm³/mol. The van der Waals surface area contributed by atoms with Gasteiger partial charge in [0.15, 0.2) is 0 Å². The molecule has 1 aliphatic carbocycles. The molecule has 1 fully saturated rings. The van der Waals surface area contributed by atoms with Crippen LogP contribution in [0.3, 0.4) is 0 Å². The van der Waals surface area contributed by atoms with Crippen molar-refractivity contribution in [2.75, 3.05) is 0 Å². The topological polar surface area (TPSA) is 52.6 Å². The SMILES string of the molecule is BO[C@@H]1C[C@H](P=O)[C@H](B=O)[C@@H]1OP. The van der Waals surface area contributed by atoms with E-state index in [2.05, 4.69) is 9.47 Å². The molecule has 0 aliphatic heterocycles. The Kier molecular flexibility index (Phi) is 4.68. The molecule has 4 nitrogen and oxygen atoms in total. The Bertz CT molecular complexity index is 205. The van der Waals surface area contributed by atoms with Crippen LogP contribution in [0.25, 0.3) is 0 Å². The molecule has 0 amide bonds. The van der Waals surface area contributed by atoms with E-state index < -0.39 is 0 Å². The molecule has 5 atom stereocenters. The first-order valence-electron chi connectivity index (χ1n) is 3.94. The zero-order chi connectivity index (χ0) is 9.84. The summed E-state index contributed by atoms with van der Waals surface area (Å²) >= 11 is 0. The summed E-state index contributed by atoms with van der Waals surface area (Å²) < 4.78 is 31.6. The second-order valence-electron chi connectivity index (χ2n) is 3.00. The third-order valence-corrected chi connectivity index (χ3v) is 3.56. The normalized spacial score (nSPS) is 39.2. The zero-order valence-electron chi connectivity index (χ0n) is 7.25. The van der Waals surface area contributed by atoms with Crippen LogP contribution in [-0.2, 0) is 18.4 Å². The Hall–Kier alpha value is 0.380. The van der Waals surface area contributed by atoms with E-state index in [1.807, 2.05) is 0 Å². The number of hydrogen-bond donors (Lipinski definition) is 0. The van der Waals surface area contributed by atoms with Crippen molar-refractivity contribution < 1.29 is 18.4 Å². The molecule has 0 spiro atoms. The van der Waals surface area contributed by atoms with Crippen LogP contribution < -0.4 is 0 Å². The average molecular weight is 218 g/mol. The zero-order valence-corrected chi connectivity index (χ0v) is 9.30. The molecule has 0 N–H and O–H groups in total. The van der Waals surface area contributed by atoms with Crippen LogP contribution in [-0.4, -0.2) is 33.1 Å². The van der Waals surface area contributed by atoms with E-state index >= 15 is 0 Å². The van der Waals surface area contributed by atoms with Gasteiger partial charge in [-0.15, -0.1) is 0 Å². The summed E-state index contributed by atoms with van der Waals surface area (Å²) in [5.74, 6) is -0.332. The van der Waals surface area contributed by atoms with Crippen LogP contribution in [0.1, 0.15) is 6.42 Å². The number of rotatable bonds is 4. The third-order valence-electron chi connectivity index (χ3n) is 2.42. The minimum absolute atomic E-state index is 0.0106. The summed E-state index contributed by atoms with van der Waals surface area (Å²) in [7, 11) is 4.47. The van der Waals surface area contributed by atoms with Gasteiger partial charge in [0.1, 0.15) is 0 Å². The van der Waals surface area contributed by atoms with Crippen molar-refractivity contribution in [3.8, 4) is 0 Å². The third kappa shape index (κ3) is 2.24. The van der Waals surface area contributed by atoms with Gasteiger partial charge in [-0.05, 0) is 0 Å². The summed E-state index contributed by atoms with van der Waals surface area (Å²) in [6.07, 6.45) is 0.169. The van der Waals surface area contributed by atoms with E-state index in [1.165, 1.54) is 0 Å². The van der Waals surface area contributed by atoms with Crippen molar-refractivity contribution in [1.29, 1.82) is 0 Å². The minimum atomic E-state index is -0.332. The summed E-state index contributed by atoms with van der Waals surface area (Å²) in [6, 6.07) is 0. The predicted octanol–water partition coefficient (Wildman–Crippen LogP) is -0.00280. The molecule has 0 aromatic heterocycles. The van der Waals surface area contributed by atoms with Crippen molar-refractivity contribution in [1.82, 2.24) is 0 Å². The number of hydrogen-bond acceptors (Lipinski definition) is 4. The van der Waals surface area contributed by atoms with E-state index in [9.17, 15) is 9.27 Å². The van der Waals surface area contributed by atoms with Crippen molar-refractivity contribution in [3.63, 3.8) is 0 Å². The van der Waals surface area contributed by atoms with Crippen LogP contribution in [0, 0.1) is 0 Å². The van der Waals surface area contributed by atoms with E-state index in [-0.39, 0.29) is 32.1 Å². The molecule has 0 aromatic rings. The summed E-state index contributed by atoms with van der Waals surface area (Å²) in [5, 5.41) is 0. The van der Waals surface area contributed by atoms with Crippen LogP contribution in [0.4, 0.5) is 0 Å². The summed E-state index contributed by atoms with van der Waals surface area (Å²) in [6.45, 7) is 0. The van der Waals surface area contributed by atoms with Crippen LogP contribution in [0.15, 0.2) is 0 Å². The van der Waals surface area contributed by atoms with Crippen molar-refractivity contribution >= 4 is 33.1 Å². The molecule has 0 heterocycles. The molecule has 0 saturated heterocycles. The van der Waals surface area contributed by atoms with E-state index in [0.717, 1.165) is 7.15 Å². The molecule has 13 heavy (non-hydrogen) atoms. The van der Waals surface area contributed by atoms with Crippen molar-refractivity contribution in [2.24, 2.45) is 0 Å². The van der Waals surface area contributed by atoms with E-state index in [0.29, 0.717) is 6.42 Å². The van der Waals surface area contributed by atoms with Gasteiger partial charge in [0.25, 0.3) is 0 Å². The molecule has 1 saturated carbocycles. The molecule has 1 unspecified atom stereocenters. The molecule has 8 heteroatoms. The Balaban J connectivity index is 2.76. The second kappa shape index (κ2) is 5.31. The van der Waals surface area contributed by atoms with Gasteiger partial charge in [0.05, 0.1) is 0 Å². The standard InChI is InChI=1S/C5H10B2O4P2/c6-10-2-1-3(13-9)4(7-8)5(2)11-12/h2-5H,1,6,12H2/t2-,3+,4+,5-/m1/s1. The molecule has 0 radical (unpaired) electrons. The first-order chi connectivity index (χ1) is 6.28. The van der Waals surface area contributed by atoms with Gasteiger partial charge >= 0.3 is 81.7 Å². The van der Waals surface area contributed by atoms with Crippen LogP contribution in [0.5, 0.6) is 0 Å². The first kappa shape index (κ1) is 11.5. The van der Waals surface area contributed by atoms with Gasteiger partial charge in [-0.2, -0.15) is 0 Å². The molecule has 70 valence electrons. The van der Waals surface area contributed by atoms with Gasteiger partial charge in [-0.3, -0.25) is 0 Å². The Morgan fingerprint density at radius 1 is 1.62 bits per heavy atom. The first-order valence-corrected chi connectivity index (χ1v) is 5.29.